The number of aliphatic hydroxyl groups is 1. The minimum absolute atomic E-state index is 0.181. The molecule has 0 saturated heterocycles. The van der Waals surface area contributed by atoms with E-state index in [0.29, 0.717) is 26.2 Å². The van der Waals surface area contributed by atoms with Gasteiger partial charge < -0.3 is 19.1 Å². The fraction of sp³-hybridized carbons (Fsp3) is 0.280. The van der Waals surface area contributed by atoms with Crippen molar-refractivity contribution in [1.82, 2.24) is 4.57 Å². The number of benzene rings is 3. The molecule has 0 atom stereocenters. The normalized spacial score (nSPS) is 11.3. The largest absolute Gasteiger partial charge is 0.492 e. The van der Waals surface area contributed by atoms with Crippen LogP contribution in [0.25, 0.3) is 21.8 Å². The molecule has 0 aliphatic carbocycles. The molecule has 0 unspecified atom stereocenters. The van der Waals surface area contributed by atoms with E-state index < -0.39 is 0 Å². The van der Waals surface area contributed by atoms with Crippen LogP contribution in [0.15, 0.2) is 72.8 Å². The van der Waals surface area contributed by atoms with Gasteiger partial charge in [0.2, 0.25) is 0 Å². The van der Waals surface area contributed by atoms with Crippen LogP contribution in [0.4, 0.5) is 0 Å². The molecule has 150 valence electrons. The summed E-state index contributed by atoms with van der Waals surface area (Å²) >= 11 is 0. The fourth-order valence-electron chi connectivity index (χ4n) is 3.71. The summed E-state index contributed by atoms with van der Waals surface area (Å²) in [6.07, 6.45) is 1.56. The van der Waals surface area contributed by atoms with Crippen molar-refractivity contribution in [1.29, 1.82) is 0 Å². The predicted molar refractivity (Wildman–Crippen MR) is 118 cm³/mol. The lowest BCUT2D eigenvalue weighted by molar-refractivity contribution is 0.118. The highest BCUT2D eigenvalue weighted by Crippen LogP contribution is 2.28. The SMILES string of the molecule is OCCCOCCc1ccc(OCCn2c3ccccc3c3ccccc32)cc1. The van der Waals surface area contributed by atoms with Crippen molar-refractivity contribution in [2.45, 2.75) is 19.4 Å². The van der Waals surface area contributed by atoms with E-state index in [-0.39, 0.29) is 6.61 Å². The van der Waals surface area contributed by atoms with Gasteiger partial charge in [0, 0.05) is 35.0 Å². The van der Waals surface area contributed by atoms with E-state index in [4.69, 9.17) is 14.6 Å². The monoisotopic (exact) mass is 389 g/mol. The van der Waals surface area contributed by atoms with Crippen LogP contribution >= 0.6 is 0 Å². The quantitative estimate of drug-likeness (QED) is 0.396. The standard InChI is InChI=1S/C25H27NO3/c27-16-5-17-28-18-14-20-10-12-21(13-11-20)29-19-15-26-24-8-3-1-6-22(24)23-7-2-4-9-25(23)26/h1-4,6-13,27H,5,14-19H2. The highest BCUT2D eigenvalue weighted by atomic mass is 16.5. The molecule has 1 heterocycles. The van der Waals surface area contributed by atoms with Crippen LogP contribution in [0.5, 0.6) is 5.75 Å². The Morgan fingerprint density at radius 2 is 1.38 bits per heavy atom. The second-order valence-electron chi connectivity index (χ2n) is 7.12. The number of nitrogens with zero attached hydrogens (tertiary/aromatic N) is 1. The second kappa shape index (κ2) is 9.59. The minimum atomic E-state index is 0.181. The van der Waals surface area contributed by atoms with Gasteiger partial charge in [-0.25, -0.2) is 0 Å². The lowest BCUT2D eigenvalue weighted by Gasteiger charge is -2.10. The van der Waals surface area contributed by atoms with Gasteiger partial charge in [-0.3, -0.25) is 0 Å². The van der Waals surface area contributed by atoms with Gasteiger partial charge in [0.1, 0.15) is 12.4 Å². The molecule has 4 aromatic rings. The average Bonchev–Trinajstić information content (AvgIpc) is 3.09. The summed E-state index contributed by atoms with van der Waals surface area (Å²) < 4.78 is 13.8. The van der Waals surface area contributed by atoms with Crippen LogP contribution in [0.3, 0.4) is 0 Å². The highest BCUT2D eigenvalue weighted by Gasteiger charge is 2.09. The molecule has 0 aliphatic rings. The number of aliphatic hydroxyl groups excluding tert-OH is 1. The molecule has 4 rings (SSSR count). The van der Waals surface area contributed by atoms with Crippen molar-refractivity contribution in [3.05, 3.63) is 78.4 Å². The van der Waals surface area contributed by atoms with Crippen LogP contribution in [-0.2, 0) is 17.7 Å². The zero-order valence-corrected chi connectivity index (χ0v) is 16.6. The molecule has 0 radical (unpaired) electrons. The lowest BCUT2D eigenvalue weighted by atomic mass is 10.1. The van der Waals surface area contributed by atoms with Crippen molar-refractivity contribution in [3.8, 4) is 5.75 Å². The first-order valence-corrected chi connectivity index (χ1v) is 10.2. The summed E-state index contributed by atoms with van der Waals surface area (Å²) in [7, 11) is 0. The summed E-state index contributed by atoms with van der Waals surface area (Å²) in [6, 6.07) is 25.3. The van der Waals surface area contributed by atoms with Crippen molar-refractivity contribution < 1.29 is 14.6 Å². The van der Waals surface area contributed by atoms with Crippen LogP contribution < -0.4 is 4.74 Å². The first-order chi connectivity index (χ1) is 14.4. The predicted octanol–water partition coefficient (Wildman–Crippen LogP) is 4.82. The smallest absolute Gasteiger partial charge is 0.119 e. The number of hydrogen-bond acceptors (Lipinski definition) is 3. The molecule has 3 aromatic carbocycles. The molecular weight excluding hydrogens is 362 g/mol. The molecular formula is C25H27NO3. The van der Waals surface area contributed by atoms with E-state index in [1.165, 1.54) is 27.4 Å². The van der Waals surface area contributed by atoms with Gasteiger partial charge in [-0.1, -0.05) is 48.5 Å². The van der Waals surface area contributed by atoms with Crippen molar-refractivity contribution in [3.63, 3.8) is 0 Å². The summed E-state index contributed by atoms with van der Waals surface area (Å²) in [6.45, 7) is 2.88. The third-order valence-corrected chi connectivity index (χ3v) is 5.17. The molecule has 0 amide bonds. The number of rotatable bonds is 10. The number of aromatic nitrogens is 1. The molecule has 29 heavy (non-hydrogen) atoms. The number of fused-ring (bicyclic) bond motifs is 3. The molecule has 4 heteroatoms. The van der Waals surface area contributed by atoms with Crippen molar-refractivity contribution in [2.75, 3.05) is 26.4 Å². The Morgan fingerprint density at radius 3 is 2.03 bits per heavy atom. The van der Waals surface area contributed by atoms with E-state index in [1.54, 1.807) is 0 Å². The van der Waals surface area contributed by atoms with Crippen LogP contribution in [0.2, 0.25) is 0 Å². The topological polar surface area (TPSA) is 43.6 Å². The first kappa shape index (κ1) is 19.5. The second-order valence-corrected chi connectivity index (χ2v) is 7.12. The summed E-state index contributed by atoms with van der Waals surface area (Å²) in [4.78, 5) is 0. The first-order valence-electron chi connectivity index (χ1n) is 10.2. The molecule has 4 nitrogen and oxygen atoms in total. The maximum Gasteiger partial charge on any atom is 0.119 e. The van der Waals surface area contributed by atoms with E-state index in [2.05, 4.69) is 65.2 Å². The van der Waals surface area contributed by atoms with E-state index in [1.807, 2.05) is 12.1 Å². The number of para-hydroxylation sites is 2. The number of hydrogen-bond donors (Lipinski definition) is 1. The minimum Gasteiger partial charge on any atom is -0.492 e. The fourth-order valence-corrected chi connectivity index (χ4v) is 3.71. The summed E-state index contributed by atoms with van der Waals surface area (Å²) in [5.74, 6) is 0.885. The van der Waals surface area contributed by atoms with Gasteiger partial charge in [0.25, 0.3) is 0 Å². The summed E-state index contributed by atoms with van der Waals surface area (Å²) in [5, 5.41) is 11.3. The van der Waals surface area contributed by atoms with E-state index in [0.717, 1.165) is 18.7 Å². The molecule has 0 fully saturated rings. The molecule has 0 saturated carbocycles. The zero-order valence-electron chi connectivity index (χ0n) is 16.6. The van der Waals surface area contributed by atoms with Crippen LogP contribution in [0.1, 0.15) is 12.0 Å². The molecule has 1 aromatic heterocycles. The Bertz CT molecular complexity index is 999. The Balaban J connectivity index is 1.36. The maximum absolute atomic E-state index is 8.75. The molecule has 0 aliphatic heterocycles. The Hall–Kier alpha value is -2.82. The van der Waals surface area contributed by atoms with Crippen LogP contribution in [-0.4, -0.2) is 36.1 Å². The van der Waals surface area contributed by atoms with Gasteiger partial charge in [-0.2, -0.15) is 0 Å². The lowest BCUT2D eigenvalue weighted by Crippen LogP contribution is -2.08. The van der Waals surface area contributed by atoms with E-state index in [9.17, 15) is 0 Å². The highest BCUT2D eigenvalue weighted by molar-refractivity contribution is 6.07. The summed E-state index contributed by atoms with van der Waals surface area (Å²) in [5.41, 5.74) is 3.71. The third-order valence-electron chi connectivity index (χ3n) is 5.17. The molecule has 1 N–H and O–H groups in total. The third kappa shape index (κ3) is 4.61. The van der Waals surface area contributed by atoms with Gasteiger partial charge in [0.05, 0.1) is 13.2 Å². The molecule has 0 spiro atoms. The Morgan fingerprint density at radius 1 is 0.724 bits per heavy atom. The average molecular weight is 389 g/mol. The van der Waals surface area contributed by atoms with Crippen LogP contribution in [0, 0.1) is 0 Å². The van der Waals surface area contributed by atoms with E-state index >= 15 is 0 Å². The maximum atomic E-state index is 8.75. The van der Waals surface area contributed by atoms with Crippen molar-refractivity contribution >= 4 is 21.8 Å². The van der Waals surface area contributed by atoms with Gasteiger partial charge in [0.15, 0.2) is 0 Å². The Kier molecular flexibility index (Phi) is 6.45. The number of ether oxygens (including phenoxy) is 2. The Labute approximate surface area is 171 Å². The van der Waals surface area contributed by atoms with Gasteiger partial charge in [-0.15, -0.1) is 0 Å². The molecule has 0 bridgehead atoms. The zero-order chi connectivity index (χ0) is 19.9. The van der Waals surface area contributed by atoms with Gasteiger partial charge >= 0.3 is 0 Å². The van der Waals surface area contributed by atoms with Crippen molar-refractivity contribution in [2.24, 2.45) is 0 Å². The van der Waals surface area contributed by atoms with Gasteiger partial charge in [-0.05, 0) is 42.7 Å².